The number of hydrogen-bond donors (Lipinski definition) is 3. The number of unbranched alkanes of at least 4 members (excludes halogenated alkanes) is 2. The Balaban J connectivity index is 3.67. The number of nitrogens with two attached hydrogens (primary N) is 1. The number of ether oxygens (including phenoxy) is 1. The molecular weight excluding hydrogens is 496 g/mol. The first kappa shape index (κ1) is 33.9. The van der Waals surface area contributed by atoms with Crippen molar-refractivity contribution in [2.24, 2.45) is 5.73 Å². The number of benzene rings is 1. The highest BCUT2D eigenvalue weighted by Crippen LogP contribution is 2.34. The molecule has 0 aromatic heterocycles. The molecule has 0 spiro atoms. The van der Waals surface area contributed by atoms with Crippen molar-refractivity contribution in [3.8, 4) is 0 Å². The zero-order valence-electron chi connectivity index (χ0n) is 25.4. The molecule has 1 aromatic rings. The Hall–Kier alpha value is -3.10. The number of alkyl carbamates (subject to hydrolysis) is 1. The van der Waals surface area contributed by atoms with Crippen LogP contribution in [0.5, 0.6) is 0 Å². The minimum absolute atomic E-state index is 0.0264. The van der Waals surface area contributed by atoms with Crippen molar-refractivity contribution >= 4 is 23.8 Å². The van der Waals surface area contributed by atoms with Crippen LogP contribution in [0.4, 0.5) is 4.79 Å². The van der Waals surface area contributed by atoms with Gasteiger partial charge in [0.05, 0.1) is 0 Å². The van der Waals surface area contributed by atoms with Crippen molar-refractivity contribution in [2.75, 3.05) is 6.54 Å². The maximum Gasteiger partial charge on any atom is 0.408 e. The van der Waals surface area contributed by atoms with Gasteiger partial charge in [0.1, 0.15) is 17.7 Å². The summed E-state index contributed by atoms with van der Waals surface area (Å²) in [6.45, 7) is 17.3. The zero-order chi connectivity index (χ0) is 30.0. The predicted octanol–water partition coefficient (Wildman–Crippen LogP) is 4.83. The summed E-state index contributed by atoms with van der Waals surface area (Å²) >= 11 is 0. The molecule has 4 amide bonds. The number of nitrogens with zero attached hydrogens (tertiary/aromatic N) is 1. The second-order valence-electron chi connectivity index (χ2n) is 11.8. The third-order valence-corrected chi connectivity index (χ3v) is 6.74. The number of carbonyl (C=O) groups is 4. The Bertz CT molecular complexity index is 1000. The molecule has 9 heteroatoms. The average Bonchev–Trinajstić information content (AvgIpc) is 2.82. The quantitative estimate of drug-likeness (QED) is 0.288. The first-order chi connectivity index (χ1) is 18.0. The van der Waals surface area contributed by atoms with E-state index in [-0.39, 0.29) is 18.7 Å². The smallest absolute Gasteiger partial charge is 0.408 e. The van der Waals surface area contributed by atoms with Crippen molar-refractivity contribution in [3.05, 3.63) is 34.9 Å². The fraction of sp³-hybridized carbons (Fsp3) is 0.667. The fourth-order valence-electron chi connectivity index (χ4n) is 4.24. The van der Waals surface area contributed by atoms with E-state index < -0.39 is 41.1 Å². The Morgan fingerprint density at radius 1 is 1.03 bits per heavy atom. The second kappa shape index (κ2) is 14.9. The van der Waals surface area contributed by atoms with E-state index in [0.29, 0.717) is 18.5 Å². The van der Waals surface area contributed by atoms with Gasteiger partial charge in [-0.05, 0) is 78.9 Å². The highest BCUT2D eigenvalue weighted by molar-refractivity contribution is 5.93. The van der Waals surface area contributed by atoms with Crippen molar-refractivity contribution in [1.29, 1.82) is 0 Å². The summed E-state index contributed by atoms with van der Waals surface area (Å²) in [7, 11) is 0. The first-order valence-electron chi connectivity index (χ1n) is 14.0. The van der Waals surface area contributed by atoms with Gasteiger partial charge in [-0.3, -0.25) is 14.4 Å². The van der Waals surface area contributed by atoms with Crippen LogP contribution in [0, 0.1) is 13.8 Å². The molecule has 39 heavy (non-hydrogen) atoms. The van der Waals surface area contributed by atoms with Crippen LogP contribution in [0.15, 0.2) is 18.2 Å². The van der Waals surface area contributed by atoms with E-state index in [1.807, 2.05) is 52.8 Å². The molecule has 0 aliphatic carbocycles. The lowest BCUT2D eigenvalue weighted by Crippen LogP contribution is -2.59. The third kappa shape index (κ3) is 10.9. The lowest BCUT2D eigenvalue weighted by atomic mass is 9.89. The molecule has 1 rings (SSSR count). The zero-order valence-corrected chi connectivity index (χ0v) is 25.4. The first-order valence-corrected chi connectivity index (χ1v) is 14.0. The number of amides is 4. The largest absolute Gasteiger partial charge is 0.444 e. The van der Waals surface area contributed by atoms with Crippen LogP contribution < -0.4 is 16.4 Å². The highest BCUT2D eigenvalue weighted by Gasteiger charge is 2.43. The summed E-state index contributed by atoms with van der Waals surface area (Å²) in [5.41, 5.74) is 6.37. The molecular formula is C30H50N4O5. The molecule has 2 atom stereocenters. The van der Waals surface area contributed by atoms with Crippen LogP contribution in [0.25, 0.3) is 0 Å². The van der Waals surface area contributed by atoms with Crippen molar-refractivity contribution in [3.63, 3.8) is 0 Å². The van der Waals surface area contributed by atoms with Crippen LogP contribution >= 0.6 is 0 Å². The van der Waals surface area contributed by atoms with Crippen LogP contribution in [0.2, 0.25) is 0 Å². The van der Waals surface area contributed by atoms with Crippen molar-refractivity contribution in [2.45, 2.75) is 124 Å². The summed E-state index contributed by atoms with van der Waals surface area (Å²) in [4.78, 5) is 54.2. The number of nitrogens with one attached hydrogen (secondary N) is 2. The van der Waals surface area contributed by atoms with E-state index in [1.54, 1.807) is 25.7 Å². The Morgan fingerprint density at radius 3 is 2.21 bits per heavy atom. The van der Waals surface area contributed by atoms with Gasteiger partial charge in [-0.1, -0.05) is 50.5 Å². The van der Waals surface area contributed by atoms with Crippen LogP contribution in [0.3, 0.4) is 0 Å². The average molecular weight is 547 g/mol. The van der Waals surface area contributed by atoms with Crippen LogP contribution in [0.1, 0.15) is 110 Å². The molecule has 0 heterocycles. The molecule has 0 saturated carbocycles. The summed E-state index contributed by atoms with van der Waals surface area (Å²) in [6, 6.07) is 3.75. The molecule has 220 valence electrons. The van der Waals surface area contributed by atoms with Gasteiger partial charge in [-0.15, -0.1) is 0 Å². The summed E-state index contributed by atoms with van der Waals surface area (Å²) in [5.74, 6) is -1.37. The molecule has 0 aliphatic heterocycles. The molecule has 9 nitrogen and oxygen atoms in total. The number of rotatable bonds is 14. The fourth-order valence-corrected chi connectivity index (χ4v) is 4.24. The third-order valence-electron chi connectivity index (χ3n) is 6.74. The lowest BCUT2D eigenvalue weighted by molar-refractivity contribution is -0.149. The second-order valence-corrected chi connectivity index (χ2v) is 11.8. The van der Waals surface area contributed by atoms with Gasteiger partial charge in [0, 0.05) is 18.5 Å². The van der Waals surface area contributed by atoms with Gasteiger partial charge in [0.15, 0.2) is 0 Å². The van der Waals surface area contributed by atoms with Crippen LogP contribution in [-0.2, 0) is 19.1 Å². The van der Waals surface area contributed by atoms with Crippen molar-refractivity contribution < 1.29 is 23.9 Å². The number of primary amides is 1. The Kier molecular flexibility index (Phi) is 13.0. The van der Waals surface area contributed by atoms with Crippen LogP contribution in [-0.4, -0.2) is 52.4 Å². The highest BCUT2D eigenvalue weighted by atomic mass is 16.6. The van der Waals surface area contributed by atoms with Gasteiger partial charge in [0.25, 0.3) is 0 Å². The number of hydrogen-bond acceptors (Lipinski definition) is 5. The van der Waals surface area contributed by atoms with E-state index >= 15 is 0 Å². The van der Waals surface area contributed by atoms with Crippen molar-refractivity contribution in [1.82, 2.24) is 15.5 Å². The van der Waals surface area contributed by atoms with E-state index in [2.05, 4.69) is 17.6 Å². The standard InChI is InChI=1S/C30H50N4O5/c1-10-12-13-18-32-26(36)25(22-19-20(3)14-15-21(22)4)34(30(8,9)11-2)27(37)23(16-17-24(31)35)33-28(38)39-29(5,6)7/h14-15,19,23,25H,10-13,16-18H2,1-9H3,(H2,31,35)(H,32,36)(H,33,38). The minimum Gasteiger partial charge on any atom is -0.444 e. The van der Waals surface area contributed by atoms with Gasteiger partial charge >= 0.3 is 6.09 Å². The van der Waals surface area contributed by atoms with E-state index in [0.717, 1.165) is 30.4 Å². The monoisotopic (exact) mass is 546 g/mol. The summed E-state index contributed by atoms with van der Waals surface area (Å²) in [5, 5.41) is 5.68. The molecule has 2 unspecified atom stereocenters. The molecule has 0 radical (unpaired) electrons. The predicted molar refractivity (Wildman–Crippen MR) is 154 cm³/mol. The Morgan fingerprint density at radius 2 is 1.67 bits per heavy atom. The topological polar surface area (TPSA) is 131 Å². The summed E-state index contributed by atoms with van der Waals surface area (Å²) in [6.07, 6.45) is 2.43. The maximum absolute atomic E-state index is 14.4. The van der Waals surface area contributed by atoms with E-state index in [4.69, 9.17) is 10.5 Å². The molecule has 0 bridgehead atoms. The van der Waals surface area contributed by atoms with E-state index in [1.165, 1.54) is 0 Å². The minimum atomic E-state index is -1.13. The maximum atomic E-state index is 14.4. The lowest BCUT2D eigenvalue weighted by Gasteiger charge is -2.45. The normalized spacial score (nSPS) is 13.3. The molecule has 1 aromatic carbocycles. The van der Waals surface area contributed by atoms with Gasteiger partial charge < -0.3 is 26.0 Å². The molecule has 0 saturated heterocycles. The number of carbonyl (C=O) groups excluding carboxylic acids is 4. The van der Waals surface area contributed by atoms with Gasteiger partial charge in [-0.25, -0.2) is 4.79 Å². The Labute approximate surface area is 234 Å². The molecule has 0 aliphatic rings. The molecule has 4 N–H and O–H groups in total. The van der Waals surface area contributed by atoms with Gasteiger partial charge in [-0.2, -0.15) is 0 Å². The number of aryl methyl sites for hydroxylation is 2. The summed E-state index contributed by atoms with van der Waals surface area (Å²) < 4.78 is 5.40. The van der Waals surface area contributed by atoms with E-state index in [9.17, 15) is 19.2 Å². The SMILES string of the molecule is CCCCCNC(=O)C(c1cc(C)ccc1C)N(C(=O)C(CCC(N)=O)NC(=O)OC(C)(C)C)C(C)(C)CC. The molecule has 0 fully saturated rings. The van der Waals surface area contributed by atoms with Gasteiger partial charge in [0.2, 0.25) is 17.7 Å².